The van der Waals surface area contributed by atoms with Gasteiger partial charge in [0.05, 0.1) is 18.4 Å². The van der Waals surface area contributed by atoms with E-state index in [-0.39, 0.29) is 15.5 Å². The van der Waals surface area contributed by atoms with Crippen LogP contribution < -0.4 is 14.8 Å². The van der Waals surface area contributed by atoms with Crippen molar-refractivity contribution >= 4 is 66.5 Å². The van der Waals surface area contributed by atoms with E-state index in [0.29, 0.717) is 22.6 Å². The van der Waals surface area contributed by atoms with Crippen LogP contribution in [0.15, 0.2) is 86.8 Å². The van der Waals surface area contributed by atoms with Crippen LogP contribution in [0.4, 0.5) is 11.4 Å². The van der Waals surface area contributed by atoms with Gasteiger partial charge in [-0.1, -0.05) is 24.3 Å². The number of hydrogen-bond donors (Lipinski definition) is 2. The number of thiophene rings is 1. The van der Waals surface area contributed by atoms with Crippen LogP contribution in [-0.2, 0) is 19.6 Å². The summed E-state index contributed by atoms with van der Waals surface area (Å²) in [5.74, 6) is -0.871. The third kappa shape index (κ3) is 5.13. The minimum absolute atomic E-state index is 0.160. The summed E-state index contributed by atoms with van der Waals surface area (Å²) < 4.78 is 43.7. The topological polar surface area (TPSA) is 124 Å². The third-order valence-corrected chi connectivity index (χ3v) is 8.22. The van der Waals surface area contributed by atoms with Crippen molar-refractivity contribution in [3.63, 3.8) is 0 Å². The smallest absolute Gasteiger partial charge is 0.338 e. The van der Waals surface area contributed by atoms with Gasteiger partial charge in [-0.25, -0.2) is 13.2 Å². The summed E-state index contributed by atoms with van der Waals surface area (Å²) in [5, 5.41) is 6.11. The first-order valence-corrected chi connectivity index (χ1v) is 13.3. The predicted octanol–water partition coefficient (Wildman–Crippen LogP) is 5.25. The van der Waals surface area contributed by atoms with Crippen LogP contribution in [-0.4, -0.2) is 34.0 Å². The molecular formula is C26H20N2O7S2. The molecule has 5 aromatic rings. The van der Waals surface area contributed by atoms with Crippen molar-refractivity contribution in [1.82, 2.24) is 0 Å². The summed E-state index contributed by atoms with van der Waals surface area (Å²) in [6, 6.07) is 19.8. The molecule has 0 radical (unpaired) electrons. The highest BCUT2D eigenvalue weighted by atomic mass is 32.2. The molecule has 0 atom stereocenters. The number of hydrogen-bond acceptors (Lipinski definition) is 8. The number of benzene rings is 3. The Bertz CT molecular complexity index is 1710. The first kappa shape index (κ1) is 24.3. The number of ether oxygens (including phenoxy) is 2. The number of methoxy groups -OCH3 is 1. The lowest BCUT2D eigenvalue weighted by molar-refractivity contribution is -0.119. The van der Waals surface area contributed by atoms with Crippen molar-refractivity contribution in [2.45, 2.75) is 4.21 Å². The highest BCUT2D eigenvalue weighted by Gasteiger charge is 2.17. The number of para-hydroxylation sites is 1. The van der Waals surface area contributed by atoms with Crippen LogP contribution in [0.25, 0.3) is 21.9 Å². The molecule has 9 nitrogen and oxygen atoms in total. The van der Waals surface area contributed by atoms with Crippen molar-refractivity contribution in [3.05, 3.63) is 83.7 Å². The quantitative estimate of drug-likeness (QED) is 0.260. The van der Waals surface area contributed by atoms with Gasteiger partial charge in [-0.15, -0.1) is 11.3 Å². The monoisotopic (exact) mass is 536 g/mol. The molecule has 0 bridgehead atoms. The normalized spacial score (nSPS) is 11.4. The van der Waals surface area contributed by atoms with Crippen LogP contribution in [0.5, 0.6) is 5.75 Å². The molecule has 11 heteroatoms. The Balaban J connectivity index is 1.22. The molecule has 0 unspecified atom stereocenters. The van der Waals surface area contributed by atoms with Crippen molar-refractivity contribution in [2.24, 2.45) is 0 Å². The minimum atomic E-state index is -3.70. The molecule has 2 N–H and O–H groups in total. The van der Waals surface area contributed by atoms with Gasteiger partial charge in [0, 0.05) is 22.5 Å². The summed E-state index contributed by atoms with van der Waals surface area (Å²) in [5.41, 5.74) is 2.10. The number of esters is 1. The van der Waals surface area contributed by atoms with E-state index in [9.17, 15) is 18.0 Å². The molecule has 0 fully saturated rings. The maximum absolute atomic E-state index is 12.5. The summed E-state index contributed by atoms with van der Waals surface area (Å²) in [6.45, 7) is -0.535. The lowest BCUT2D eigenvalue weighted by Gasteiger charge is -2.11. The van der Waals surface area contributed by atoms with Crippen LogP contribution in [0.3, 0.4) is 0 Å². The van der Waals surface area contributed by atoms with E-state index in [4.69, 9.17) is 13.9 Å². The maximum atomic E-state index is 12.5. The van der Waals surface area contributed by atoms with E-state index in [1.54, 1.807) is 23.6 Å². The highest BCUT2D eigenvalue weighted by molar-refractivity contribution is 7.94. The number of furan rings is 1. The van der Waals surface area contributed by atoms with Crippen molar-refractivity contribution in [2.75, 3.05) is 23.8 Å². The Kier molecular flexibility index (Phi) is 6.55. The largest absolute Gasteiger partial charge is 0.495 e. The fraction of sp³-hybridized carbons (Fsp3) is 0.0769. The first-order chi connectivity index (χ1) is 17.8. The molecule has 5 rings (SSSR count). The molecule has 0 aliphatic heterocycles. The second-order valence-corrected chi connectivity index (χ2v) is 10.7. The number of carbonyl (C=O) groups excluding carboxylic acids is 2. The van der Waals surface area contributed by atoms with E-state index >= 15 is 0 Å². The van der Waals surface area contributed by atoms with Gasteiger partial charge in [0.1, 0.15) is 21.1 Å². The van der Waals surface area contributed by atoms with Gasteiger partial charge in [-0.05, 0) is 47.8 Å². The van der Waals surface area contributed by atoms with Crippen LogP contribution in [0.1, 0.15) is 10.4 Å². The highest BCUT2D eigenvalue weighted by Crippen LogP contribution is 2.36. The number of rotatable bonds is 8. The van der Waals surface area contributed by atoms with Crippen molar-refractivity contribution in [1.29, 1.82) is 0 Å². The van der Waals surface area contributed by atoms with Crippen molar-refractivity contribution in [3.8, 4) is 5.75 Å². The summed E-state index contributed by atoms with van der Waals surface area (Å²) in [4.78, 5) is 24.9. The first-order valence-electron chi connectivity index (χ1n) is 11.0. The molecular weight excluding hydrogens is 516 g/mol. The van der Waals surface area contributed by atoms with E-state index in [1.807, 2.05) is 24.3 Å². The number of nitrogens with one attached hydrogen (secondary N) is 2. The second-order valence-electron chi connectivity index (χ2n) is 7.89. The summed E-state index contributed by atoms with van der Waals surface area (Å²) in [7, 11) is -2.21. The van der Waals surface area contributed by atoms with E-state index < -0.39 is 28.5 Å². The number of anilines is 2. The second kappa shape index (κ2) is 9.96. The number of amides is 1. The maximum Gasteiger partial charge on any atom is 0.338 e. The molecule has 188 valence electrons. The molecule has 1 amide bonds. The Morgan fingerprint density at radius 3 is 2.46 bits per heavy atom. The van der Waals surface area contributed by atoms with Gasteiger partial charge in [0.2, 0.25) is 0 Å². The fourth-order valence-corrected chi connectivity index (χ4v) is 5.77. The number of sulfonamides is 1. The standard InChI is InChI=1S/C26H20N2O7S2/c1-33-23-13-19-18-5-2-3-6-21(18)35-22(19)14-20(23)27-24(29)15-34-26(30)16-8-10-17(11-9-16)28-37(31,32)25-7-4-12-36-25/h2-14,28H,15H2,1H3,(H,27,29). The zero-order chi connectivity index (χ0) is 26.0. The molecule has 0 saturated carbocycles. The Labute approximate surface area is 215 Å². The Morgan fingerprint density at radius 2 is 1.73 bits per heavy atom. The van der Waals surface area contributed by atoms with Crippen LogP contribution in [0, 0.1) is 0 Å². The fourth-order valence-electron chi connectivity index (χ4n) is 3.71. The molecule has 2 heterocycles. The van der Waals surface area contributed by atoms with Gasteiger partial charge in [0.15, 0.2) is 6.61 Å². The number of carbonyl (C=O) groups is 2. The molecule has 0 aliphatic carbocycles. The summed E-state index contributed by atoms with van der Waals surface area (Å²) >= 11 is 1.09. The average Bonchev–Trinajstić information content (AvgIpc) is 3.56. The lowest BCUT2D eigenvalue weighted by atomic mass is 10.1. The van der Waals surface area contributed by atoms with Crippen LogP contribution >= 0.6 is 11.3 Å². The molecule has 37 heavy (non-hydrogen) atoms. The van der Waals surface area contributed by atoms with E-state index in [1.165, 1.54) is 37.4 Å². The van der Waals surface area contributed by atoms with Gasteiger partial charge >= 0.3 is 5.97 Å². The van der Waals surface area contributed by atoms with E-state index in [0.717, 1.165) is 22.1 Å². The summed E-state index contributed by atoms with van der Waals surface area (Å²) in [6.07, 6.45) is 0. The van der Waals surface area contributed by atoms with Crippen LogP contribution in [0.2, 0.25) is 0 Å². The third-order valence-electron chi connectivity index (χ3n) is 5.44. The molecule has 0 spiro atoms. The minimum Gasteiger partial charge on any atom is -0.495 e. The van der Waals surface area contributed by atoms with Crippen molar-refractivity contribution < 1.29 is 31.9 Å². The van der Waals surface area contributed by atoms with Gasteiger partial charge in [0.25, 0.3) is 15.9 Å². The molecule has 0 aliphatic rings. The lowest BCUT2D eigenvalue weighted by Crippen LogP contribution is -2.21. The number of fused-ring (bicyclic) bond motifs is 3. The van der Waals surface area contributed by atoms with Gasteiger partial charge in [-0.2, -0.15) is 0 Å². The average molecular weight is 537 g/mol. The zero-order valence-electron chi connectivity index (χ0n) is 19.4. The van der Waals surface area contributed by atoms with Gasteiger partial charge < -0.3 is 19.2 Å². The molecule has 2 aromatic heterocycles. The zero-order valence-corrected chi connectivity index (χ0v) is 21.0. The Hall–Kier alpha value is -4.35. The Morgan fingerprint density at radius 1 is 0.946 bits per heavy atom. The SMILES string of the molecule is COc1cc2c(cc1NC(=O)COC(=O)c1ccc(NS(=O)(=O)c3cccs3)cc1)oc1ccccc12. The van der Waals surface area contributed by atoms with Gasteiger partial charge in [-0.3, -0.25) is 9.52 Å². The van der Waals surface area contributed by atoms with E-state index in [2.05, 4.69) is 10.0 Å². The molecule has 0 saturated heterocycles. The predicted molar refractivity (Wildman–Crippen MR) is 141 cm³/mol. The molecule has 3 aromatic carbocycles.